The molecule has 2 aromatic carbocycles. The lowest BCUT2D eigenvalue weighted by Crippen LogP contribution is -2.24. The third-order valence-electron chi connectivity index (χ3n) is 5.07. The number of hydrogen-bond acceptors (Lipinski definition) is 4. The van der Waals surface area contributed by atoms with Crippen molar-refractivity contribution >= 4 is 28.5 Å². The summed E-state index contributed by atoms with van der Waals surface area (Å²) in [6.07, 6.45) is 1.42. The first-order chi connectivity index (χ1) is 14.1. The highest BCUT2D eigenvalue weighted by atomic mass is 16.5. The van der Waals surface area contributed by atoms with Crippen LogP contribution in [0.15, 0.2) is 36.4 Å². The molecule has 1 amide bonds. The van der Waals surface area contributed by atoms with Gasteiger partial charge in [0.15, 0.2) is 0 Å². The predicted octanol–water partition coefficient (Wildman–Crippen LogP) is 5.73. The number of anilines is 2. The van der Waals surface area contributed by atoms with E-state index >= 15 is 0 Å². The van der Waals surface area contributed by atoms with Gasteiger partial charge >= 0.3 is 6.09 Å². The fraction of sp³-hybridized carbons (Fsp3) is 0.391. The smallest absolute Gasteiger partial charge is 0.411 e. The van der Waals surface area contributed by atoms with Crippen molar-refractivity contribution in [1.82, 2.24) is 9.97 Å². The molecule has 0 fully saturated rings. The van der Waals surface area contributed by atoms with Gasteiger partial charge < -0.3 is 14.6 Å². The van der Waals surface area contributed by atoms with Crippen molar-refractivity contribution in [2.24, 2.45) is 0 Å². The lowest BCUT2D eigenvalue weighted by atomic mass is 10.1. The number of amides is 1. The molecule has 3 rings (SSSR count). The summed E-state index contributed by atoms with van der Waals surface area (Å²) >= 11 is 0. The minimum Gasteiger partial charge on any atom is -0.449 e. The molecule has 0 atom stereocenters. The Hall–Kier alpha value is -3.02. The normalized spacial score (nSPS) is 10.9. The fourth-order valence-corrected chi connectivity index (χ4v) is 3.39. The quantitative estimate of drug-likeness (QED) is 0.479. The van der Waals surface area contributed by atoms with Gasteiger partial charge in [0.1, 0.15) is 5.82 Å². The molecule has 0 spiro atoms. The molecule has 0 saturated carbocycles. The number of carbonyl (C=O) groups excluding carboxylic acids is 1. The van der Waals surface area contributed by atoms with Crippen molar-refractivity contribution in [2.75, 3.05) is 29.9 Å². The van der Waals surface area contributed by atoms with Gasteiger partial charge in [-0.15, -0.1) is 0 Å². The summed E-state index contributed by atoms with van der Waals surface area (Å²) in [4.78, 5) is 22.7. The van der Waals surface area contributed by atoms with Crippen molar-refractivity contribution in [2.45, 2.75) is 40.5 Å². The van der Waals surface area contributed by atoms with Gasteiger partial charge in [0, 0.05) is 18.7 Å². The van der Waals surface area contributed by atoms with E-state index in [1.54, 1.807) is 0 Å². The maximum absolute atomic E-state index is 12.3. The van der Waals surface area contributed by atoms with Gasteiger partial charge in [0.2, 0.25) is 0 Å². The maximum Gasteiger partial charge on any atom is 0.411 e. The monoisotopic (exact) mass is 394 g/mol. The maximum atomic E-state index is 12.3. The molecule has 0 aliphatic rings. The average molecular weight is 395 g/mol. The Morgan fingerprint density at radius 2 is 1.93 bits per heavy atom. The molecule has 0 bridgehead atoms. The molecule has 154 valence electrons. The van der Waals surface area contributed by atoms with Gasteiger partial charge in [-0.1, -0.05) is 37.6 Å². The highest BCUT2D eigenvalue weighted by Crippen LogP contribution is 2.32. The van der Waals surface area contributed by atoms with E-state index in [1.165, 1.54) is 0 Å². The number of unbranched alkanes of at least 4 members (excludes halogenated alkanes) is 1. The first-order valence-corrected chi connectivity index (χ1v) is 10.4. The van der Waals surface area contributed by atoms with Gasteiger partial charge in [-0.2, -0.15) is 0 Å². The van der Waals surface area contributed by atoms with E-state index in [4.69, 9.17) is 9.72 Å². The second-order valence-electron chi connectivity index (χ2n) is 7.07. The number of ether oxygens (including phenoxy) is 1. The van der Waals surface area contributed by atoms with Gasteiger partial charge in [0.05, 0.1) is 29.0 Å². The zero-order valence-electron chi connectivity index (χ0n) is 17.7. The van der Waals surface area contributed by atoms with Gasteiger partial charge in [-0.05, 0) is 44.9 Å². The van der Waals surface area contributed by atoms with Gasteiger partial charge in [0.25, 0.3) is 0 Å². The first kappa shape index (κ1) is 20.7. The molecular formula is C23H30N4O2. The van der Waals surface area contributed by atoms with Crippen molar-refractivity contribution in [3.05, 3.63) is 42.0 Å². The number of aromatic nitrogens is 2. The molecule has 0 aliphatic carbocycles. The van der Waals surface area contributed by atoms with Crippen molar-refractivity contribution in [3.8, 4) is 11.4 Å². The molecule has 0 radical (unpaired) electrons. The number of aromatic amines is 1. The van der Waals surface area contributed by atoms with E-state index in [9.17, 15) is 4.79 Å². The Morgan fingerprint density at radius 3 is 2.62 bits per heavy atom. The van der Waals surface area contributed by atoms with Crippen LogP contribution >= 0.6 is 0 Å². The molecule has 1 heterocycles. The molecule has 0 saturated heterocycles. The number of fused-ring (bicyclic) bond motifs is 1. The van der Waals surface area contributed by atoms with Crippen LogP contribution in [-0.4, -0.2) is 35.8 Å². The third kappa shape index (κ3) is 4.70. The van der Waals surface area contributed by atoms with E-state index in [0.29, 0.717) is 6.61 Å². The number of benzene rings is 2. The standard InChI is InChI=1S/C23H30N4O2/c1-5-8-13-29-23(28)26-20-14-18-19(15-21(20)27(6-2)7-3)25-22(24-18)17-12-10-9-11-16(17)4/h9-12,14-15H,5-8,13H2,1-4H3,(H,24,25)(H,26,28). The Balaban J connectivity index is 2.00. The minimum atomic E-state index is -0.426. The Bertz CT molecular complexity index is 976. The van der Waals surface area contributed by atoms with E-state index in [1.807, 2.05) is 24.3 Å². The Morgan fingerprint density at radius 1 is 1.17 bits per heavy atom. The van der Waals surface area contributed by atoms with Crippen LogP contribution in [0, 0.1) is 6.92 Å². The summed E-state index contributed by atoms with van der Waals surface area (Å²) in [7, 11) is 0. The molecule has 2 N–H and O–H groups in total. The molecule has 6 nitrogen and oxygen atoms in total. The largest absolute Gasteiger partial charge is 0.449 e. The van der Waals surface area contributed by atoms with Crippen molar-refractivity contribution < 1.29 is 9.53 Å². The van der Waals surface area contributed by atoms with Gasteiger partial charge in [-0.3, -0.25) is 5.32 Å². The summed E-state index contributed by atoms with van der Waals surface area (Å²) in [6.45, 7) is 10.4. The molecule has 0 unspecified atom stereocenters. The number of imidazole rings is 1. The molecule has 0 aliphatic heterocycles. The fourth-order valence-electron chi connectivity index (χ4n) is 3.39. The van der Waals surface area contributed by atoms with Crippen LogP contribution in [0.2, 0.25) is 0 Å². The highest BCUT2D eigenvalue weighted by Gasteiger charge is 2.16. The number of nitrogens with one attached hydrogen (secondary N) is 2. The molecule has 6 heteroatoms. The Kier molecular flexibility index (Phi) is 6.75. The lowest BCUT2D eigenvalue weighted by Gasteiger charge is -2.24. The third-order valence-corrected chi connectivity index (χ3v) is 5.07. The predicted molar refractivity (Wildman–Crippen MR) is 120 cm³/mol. The summed E-state index contributed by atoms with van der Waals surface area (Å²) < 4.78 is 5.30. The minimum absolute atomic E-state index is 0.423. The van der Waals surface area contributed by atoms with Crippen LogP contribution < -0.4 is 10.2 Å². The van der Waals surface area contributed by atoms with Gasteiger partial charge in [-0.25, -0.2) is 9.78 Å². The summed E-state index contributed by atoms with van der Waals surface area (Å²) in [6, 6.07) is 12.1. The topological polar surface area (TPSA) is 70.2 Å². The number of nitrogens with zero attached hydrogens (tertiary/aromatic N) is 2. The summed E-state index contributed by atoms with van der Waals surface area (Å²) in [5.74, 6) is 0.825. The highest BCUT2D eigenvalue weighted by molar-refractivity contribution is 5.96. The zero-order chi connectivity index (χ0) is 20.8. The SMILES string of the molecule is CCCCOC(=O)Nc1cc2[nH]c(-c3ccccc3C)nc2cc1N(CC)CC. The number of aryl methyl sites for hydroxylation is 1. The second-order valence-corrected chi connectivity index (χ2v) is 7.07. The lowest BCUT2D eigenvalue weighted by molar-refractivity contribution is 0.160. The van der Waals surface area contributed by atoms with Crippen LogP contribution in [-0.2, 0) is 4.74 Å². The number of hydrogen-bond donors (Lipinski definition) is 2. The van der Waals surface area contributed by atoms with Crippen molar-refractivity contribution in [3.63, 3.8) is 0 Å². The number of rotatable bonds is 8. The molecule has 1 aromatic heterocycles. The van der Waals surface area contributed by atoms with Crippen LogP contribution in [0.1, 0.15) is 39.2 Å². The summed E-state index contributed by atoms with van der Waals surface area (Å²) in [5, 5.41) is 2.92. The van der Waals surface area contributed by atoms with Crippen LogP contribution in [0.25, 0.3) is 22.4 Å². The van der Waals surface area contributed by atoms with Crippen molar-refractivity contribution in [1.29, 1.82) is 0 Å². The first-order valence-electron chi connectivity index (χ1n) is 10.4. The molecule has 3 aromatic rings. The van der Waals surface area contributed by atoms with E-state index in [-0.39, 0.29) is 0 Å². The van der Waals surface area contributed by atoms with E-state index in [0.717, 1.165) is 65.3 Å². The van der Waals surface area contributed by atoms with Crippen LogP contribution in [0.4, 0.5) is 16.2 Å². The van der Waals surface area contributed by atoms with Crippen LogP contribution in [0.3, 0.4) is 0 Å². The Labute approximate surface area is 172 Å². The summed E-state index contributed by atoms with van der Waals surface area (Å²) in [5.41, 5.74) is 5.65. The van der Waals surface area contributed by atoms with E-state index in [2.05, 4.69) is 55.0 Å². The molecular weight excluding hydrogens is 364 g/mol. The second kappa shape index (κ2) is 9.45. The van der Waals surface area contributed by atoms with Crippen LogP contribution in [0.5, 0.6) is 0 Å². The number of carbonyl (C=O) groups is 1. The molecule has 29 heavy (non-hydrogen) atoms. The number of H-pyrrole nitrogens is 1. The average Bonchev–Trinajstić information content (AvgIpc) is 3.12. The van der Waals surface area contributed by atoms with E-state index < -0.39 is 6.09 Å². The zero-order valence-corrected chi connectivity index (χ0v) is 17.7.